The molecule has 54 valence electrons. The summed E-state index contributed by atoms with van der Waals surface area (Å²) in [5.41, 5.74) is 6.04. The highest BCUT2D eigenvalue weighted by molar-refractivity contribution is 9.10. The molecule has 1 aromatic heterocycles. The molecule has 10 heavy (non-hydrogen) atoms. The van der Waals surface area contributed by atoms with Crippen LogP contribution in [0.1, 0.15) is 0 Å². The molecule has 0 aliphatic carbocycles. The lowest BCUT2D eigenvalue weighted by Gasteiger charge is -2.01. The molecule has 0 spiro atoms. The smallest absolute Gasteiger partial charge is 0.146 e. The normalized spacial score (nSPS) is 9.40. The molecule has 0 saturated carbocycles. The highest BCUT2D eigenvalue weighted by Gasteiger charge is 1.98. The molecule has 3 nitrogen and oxygen atoms in total. The van der Waals surface area contributed by atoms with Gasteiger partial charge in [-0.2, -0.15) is 0 Å². The largest absolute Gasteiger partial charge is 0.494 e. The van der Waals surface area contributed by atoms with Crippen LogP contribution in [0, 0.1) is 0 Å². The Morgan fingerprint density at radius 3 is 2.90 bits per heavy atom. The SMILES string of the molecule is COc1cc(Br)ncc1N. The number of halogens is 1. The second kappa shape index (κ2) is 2.88. The van der Waals surface area contributed by atoms with Crippen LogP contribution >= 0.6 is 15.9 Å². The predicted octanol–water partition coefficient (Wildman–Crippen LogP) is 1.43. The minimum absolute atomic E-state index is 0.547. The van der Waals surface area contributed by atoms with Crippen molar-refractivity contribution in [1.82, 2.24) is 4.98 Å². The quantitative estimate of drug-likeness (QED) is 0.702. The molecule has 0 aliphatic heterocycles. The summed E-state index contributed by atoms with van der Waals surface area (Å²) in [4.78, 5) is 3.90. The summed E-state index contributed by atoms with van der Waals surface area (Å²) in [6, 6.07) is 1.72. The van der Waals surface area contributed by atoms with Gasteiger partial charge >= 0.3 is 0 Å². The van der Waals surface area contributed by atoms with Gasteiger partial charge in [0.2, 0.25) is 0 Å². The minimum Gasteiger partial charge on any atom is -0.494 e. The van der Waals surface area contributed by atoms with Gasteiger partial charge in [-0.05, 0) is 15.9 Å². The number of anilines is 1. The standard InChI is InChI=1S/C6H7BrN2O/c1-10-5-2-6(7)9-3-4(5)8/h2-3H,8H2,1H3. The molecule has 0 fully saturated rings. The van der Waals surface area contributed by atoms with Gasteiger partial charge in [0.25, 0.3) is 0 Å². The van der Waals surface area contributed by atoms with E-state index >= 15 is 0 Å². The molecule has 0 saturated heterocycles. The lowest BCUT2D eigenvalue weighted by atomic mass is 10.4. The Morgan fingerprint density at radius 1 is 1.70 bits per heavy atom. The van der Waals surface area contributed by atoms with Crippen molar-refractivity contribution >= 4 is 21.6 Å². The topological polar surface area (TPSA) is 48.1 Å². The van der Waals surface area contributed by atoms with E-state index in [1.165, 1.54) is 0 Å². The molecule has 2 N–H and O–H groups in total. The summed E-state index contributed by atoms with van der Waals surface area (Å²) < 4.78 is 5.65. The van der Waals surface area contributed by atoms with Gasteiger partial charge in [0.15, 0.2) is 0 Å². The molecule has 1 aromatic rings. The van der Waals surface area contributed by atoms with E-state index in [2.05, 4.69) is 20.9 Å². The van der Waals surface area contributed by atoms with Crippen molar-refractivity contribution in [2.75, 3.05) is 12.8 Å². The number of pyridine rings is 1. The van der Waals surface area contributed by atoms with Crippen molar-refractivity contribution in [2.24, 2.45) is 0 Å². The first kappa shape index (κ1) is 7.34. The number of methoxy groups -OCH3 is 1. The van der Waals surface area contributed by atoms with E-state index in [1.807, 2.05) is 0 Å². The average Bonchev–Trinajstić information content (AvgIpc) is 1.94. The monoisotopic (exact) mass is 202 g/mol. The van der Waals surface area contributed by atoms with Crippen LogP contribution < -0.4 is 10.5 Å². The molecular weight excluding hydrogens is 196 g/mol. The predicted molar refractivity (Wildman–Crippen MR) is 42.9 cm³/mol. The summed E-state index contributed by atoms with van der Waals surface area (Å²) >= 11 is 3.19. The maximum Gasteiger partial charge on any atom is 0.146 e. The molecule has 0 aromatic carbocycles. The first-order valence-electron chi connectivity index (χ1n) is 2.69. The second-order valence-electron chi connectivity index (χ2n) is 1.75. The summed E-state index contributed by atoms with van der Waals surface area (Å²) in [5.74, 6) is 0.641. The molecule has 1 heterocycles. The molecular formula is C6H7BrN2O. The van der Waals surface area contributed by atoms with E-state index in [1.54, 1.807) is 19.4 Å². The van der Waals surface area contributed by atoms with Crippen LogP contribution in [0.4, 0.5) is 5.69 Å². The Morgan fingerprint density at radius 2 is 2.40 bits per heavy atom. The highest BCUT2D eigenvalue weighted by Crippen LogP contribution is 2.22. The van der Waals surface area contributed by atoms with Crippen molar-refractivity contribution in [3.63, 3.8) is 0 Å². The molecule has 0 radical (unpaired) electrons. The third-order valence-corrected chi connectivity index (χ3v) is 1.52. The maximum atomic E-state index is 5.49. The van der Waals surface area contributed by atoms with E-state index < -0.39 is 0 Å². The number of rotatable bonds is 1. The number of nitrogens with zero attached hydrogens (tertiary/aromatic N) is 1. The zero-order valence-corrected chi connectivity index (χ0v) is 7.05. The van der Waals surface area contributed by atoms with E-state index in [9.17, 15) is 0 Å². The van der Waals surface area contributed by atoms with Crippen LogP contribution in [0.15, 0.2) is 16.9 Å². The first-order valence-corrected chi connectivity index (χ1v) is 3.48. The number of nitrogens with two attached hydrogens (primary N) is 1. The van der Waals surface area contributed by atoms with Gasteiger partial charge in [-0.1, -0.05) is 0 Å². The van der Waals surface area contributed by atoms with E-state index in [0.29, 0.717) is 11.4 Å². The third kappa shape index (κ3) is 1.39. The van der Waals surface area contributed by atoms with Crippen LogP contribution in [0.3, 0.4) is 0 Å². The van der Waals surface area contributed by atoms with Crippen LogP contribution in [-0.4, -0.2) is 12.1 Å². The summed E-state index contributed by atoms with van der Waals surface area (Å²) in [6.45, 7) is 0. The van der Waals surface area contributed by atoms with Crippen molar-refractivity contribution in [3.8, 4) is 5.75 Å². The number of ether oxygens (including phenoxy) is 1. The Hall–Kier alpha value is -0.770. The van der Waals surface area contributed by atoms with Crippen molar-refractivity contribution in [3.05, 3.63) is 16.9 Å². The van der Waals surface area contributed by atoms with Crippen molar-refractivity contribution in [2.45, 2.75) is 0 Å². The van der Waals surface area contributed by atoms with Crippen molar-refractivity contribution < 1.29 is 4.74 Å². The summed E-state index contributed by atoms with van der Waals surface area (Å²) in [5, 5.41) is 0. The fourth-order valence-electron chi connectivity index (χ4n) is 0.600. The summed E-state index contributed by atoms with van der Waals surface area (Å²) in [6.07, 6.45) is 1.54. The number of hydrogen-bond donors (Lipinski definition) is 1. The van der Waals surface area contributed by atoms with E-state index in [-0.39, 0.29) is 0 Å². The first-order chi connectivity index (χ1) is 4.74. The molecule has 0 atom stereocenters. The molecule has 0 unspecified atom stereocenters. The Balaban J connectivity index is 3.09. The Bertz CT molecular complexity index is 239. The third-order valence-electron chi connectivity index (χ3n) is 1.08. The van der Waals surface area contributed by atoms with Crippen molar-refractivity contribution in [1.29, 1.82) is 0 Å². The summed E-state index contributed by atoms with van der Waals surface area (Å²) in [7, 11) is 1.57. The Labute approximate surface area is 67.3 Å². The van der Waals surface area contributed by atoms with Crippen LogP contribution in [0.2, 0.25) is 0 Å². The average molecular weight is 203 g/mol. The minimum atomic E-state index is 0.547. The van der Waals surface area contributed by atoms with Gasteiger partial charge in [-0.15, -0.1) is 0 Å². The van der Waals surface area contributed by atoms with Crippen LogP contribution in [0.5, 0.6) is 5.75 Å². The Kier molecular flexibility index (Phi) is 2.11. The lowest BCUT2D eigenvalue weighted by molar-refractivity contribution is 0.416. The van der Waals surface area contributed by atoms with Gasteiger partial charge < -0.3 is 10.5 Å². The van der Waals surface area contributed by atoms with Crippen LogP contribution in [-0.2, 0) is 0 Å². The molecule has 4 heteroatoms. The van der Waals surface area contributed by atoms with Gasteiger partial charge in [0.1, 0.15) is 10.4 Å². The number of nitrogen functional groups attached to an aromatic ring is 1. The molecule has 0 aliphatic rings. The number of aromatic nitrogens is 1. The zero-order valence-electron chi connectivity index (χ0n) is 5.47. The molecule has 1 rings (SSSR count). The zero-order chi connectivity index (χ0) is 7.56. The van der Waals surface area contributed by atoms with Gasteiger partial charge in [-0.3, -0.25) is 0 Å². The van der Waals surface area contributed by atoms with Gasteiger partial charge in [-0.25, -0.2) is 4.98 Å². The molecule has 0 amide bonds. The van der Waals surface area contributed by atoms with E-state index in [4.69, 9.17) is 10.5 Å². The number of hydrogen-bond acceptors (Lipinski definition) is 3. The van der Waals surface area contributed by atoms with E-state index in [0.717, 1.165) is 4.60 Å². The van der Waals surface area contributed by atoms with Gasteiger partial charge in [0, 0.05) is 6.07 Å². The maximum absolute atomic E-state index is 5.49. The lowest BCUT2D eigenvalue weighted by Crippen LogP contribution is -1.92. The fraction of sp³-hybridized carbons (Fsp3) is 0.167. The van der Waals surface area contributed by atoms with Crippen LogP contribution in [0.25, 0.3) is 0 Å². The second-order valence-corrected chi connectivity index (χ2v) is 2.56. The van der Waals surface area contributed by atoms with Gasteiger partial charge in [0.05, 0.1) is 19.0 Å². The highest BCUT2D eigenvalue weighted by atomic mass is 79.9. The fourth-order valence-corrected chi connectivity index (χ4v) is 0.911. The molecule has 0 bridgehead atoms.